The molecule has 0 spiro atoms. The summed E-state index contributed by atoms with van der Waals surface area (Å²) in [4.78, 5) is 32.1. The number of hydrogen-bond acceptors (Lipinski definition) is 6. The molecule has 0 atom stereocenters. The van der Waals surface area contributed by atoms with Crippen LogP contribution in [-0.4, -0.2) is 47.9 Å². The first-order valence-electron chi connectivity index (χ1n) is 9.04. The summed E-state index contributed by atoms with van der Waals surface area (Å²) >= 11 is 1.22. The van der Waals surface area contributed by atoms with Crippen LogP contribution in [0, 0.1) is 22.9 Å². The van der Waals surface area contributed by atoms with Crippen molar-refractivity contribution in [3.8, 4) is 0 Å². The minimum atomic E-state index is -0.497. The normalized spacial score (nSPS) is 11.2. The van der Waals surface area contributed by atoms with Crippen molar-refractivity contribution in [1.82, 2.24) is 9.88 Å². The highest BCUT2D eigenvalue weighted by Crippen LogP contribution is 2.31. The third-order valence-corrected chi connectivity index (χ3v) is 5.58. The van der Waals surface area contributed by atoms with Crippen molar-refractivity contribution in [2.75, 3.05) is 32.1 Å². The third kappa shape index (κ3) is 4.57. The van der Waals surface area contributed by atoms with Crippen molar-refractivity contribution in [2.45, 2.75) is 13.3 Å². The Morgan fingerprint density at radius 1 is 1.24 bits per heavy atom. The molecule has 29 heavy (non-hydrogen) atoms. The number of rotatable bonds is 7. The molecular weight excluding hydrogens is 395 g/mol. The zero-order valence-corrected chi connectivity index (χ0v) is 17.2. The molecule has 0 bridgehead atoms. The van der Waals surface area contributed by atoms with Crippen LogP contribution < -0.4 is 4.90 Å². The number of benzene rings is 2. The van der Waals surface area contributed by atoms with Gasteiger partial charge in [0.1, 0.15) is 5.82 Å². The lowest BCUT2D eigenvalue weighted by Gasteiger charge is -2.21. The molecule has 0 aliphatic heterocycles. The highest BCUT2D eigenvalue weighted by atomic mass is 32.1. The van der Waals surface area contributed by atoms with Crippen molar-refractivity contribution in [1.29, 1.82) is 0 Å². The van der Waals surface area contributed by atoms with E-state index in [2.05, 4.69) is 4.98 Å². The van der Waals surface area contributed by atoms with Gasteiger partial charge in [0.05, 0.1) is 15.1 Å². The standard InChI is InChI=1S/C20H21FN4O3S/c1-13-15(6-4-7-17(13)25(27)28)19(26)24(11-5-10-23(2)3)20-22-16-9-8-14(21)12-18(16)29-20/h4,6-9,12H,5,10-11H2,1-3H3. The van der Waals surface area contributed by atoms with Crippen molar-refractivity contribution in [3.63, 3.8) is 0 Å². The van der Waals surface area contributed by atoms with Crippen LogP contribution in [0.5, 0.6) is 0 Å². The summed E-state index contributed by atoms with van der Waals surface area (Å²) in [6.45, 7) is 2.72. The van der Waals surface area contributed by atoms with Crippen LogP contribution in [0.1, 0.15) is 22.3 Å². The maximum absolute atomic E-state index is 13.6. The zero-order valence-electron chi connectivity index (χ0n) is 16.4. The topological polar surface area (TPSA) is 79.6 Å². The highest BCUT2D eigenvalue weighted by molar-refractivity contribution is 7.22. The molecule has 2 aromatic carbocycles. The van der Waals surface area contributed by atoms with Crippen LogP contribution in [0.3, 0.4) is 0 Å². The summed E-state index contributed by atoms with van der Waals surface area (Å²) in [7, 11) is 3.88. The first-order valence-corrected chi connectivity index (χ1v) is 9.86. The van der Waals surface area contributed by atoms with Gasteiger partial charge in [-0.2, -0.15) is 0 Å². The molecule has 3 aromatic rings. The minimum absolute atomic E-state index is 0.101. The molecule has 0 radical (unpaired) electrons. The summed E-state index contributed by atoms with van der Waals surface area (Å²) in [5.74, 6) is -0.725. The van der Waals surface area contributed by atoms with Crippen molar-refractivity contribution < 1.29 is 14.1 Å². The van der Waals surface area contributed by atoms with Gasteiger partial charge in [0, 0.05) is 23.7 Å². The summed E-state index contributed by atoms with van der Waals surface area (Å²) in [5, 5.41) is 11.7. The molecule has 1 heterocycles. The largest absolute Gasteiger partial charge is 0.309 e. The predicted octanol–water partition coefficient (Wildman–Crippen LogP) is 4.25. The molecule has 7 nitrogen and oxygen atoms in total. The molecule has 0 saturated heterocycles. The second kappa shape index (κ2) is 8.62. The molecule has 0 N–H and O–H groups in total. The Kier molecular flexibility index (Phi) is 6.19. The number of nitro groups is 1. The lowest BCUT2D eigenvalue weighted by molar-refractivity contribution is -0.385. The van der Waals surface area contributed by atoms with Crippen molar-refractivity contribution >= 4 is 38.3 Å². The highest BCUT2D eigenvalue weighted by Gasteiger charge is 2.25. The molecule has 9 heteroatoms. The molecule has 0 fully saturated rings. The maximum atomic E-state index is 13.6. The Hall–Kier alpha value is -2.91. The number of nitrogens with zero attached hydrogens (tertiary/aromatic N) is 4. The molecule has 0 aliphatic carbocycles. The van der Waals surface area contributed by atoms with Crippen LogP contribution in [-0.2, 0) is 0 Å². The number of anilines is 1. The summed E-state index contributed by atoms with van der Waals surface area (Å²) < 4.78 is 14.2. The molecule has 1 aromatic heterocycles. The van der Waals surface area contributed by atoms with Crippen molar-refractivity contribution in [3.05, 3.63) is 63.5 Å². The average molecular weight is 416 g/mol. The van der Waals surface area contributed by atoms with E-state index in [0.717, 1.165) is 6.54 Å². The number of thiazole rings is 1. The number of halogens is 1. The van der Waals surface area contributed by atoms with E-state index in [9.17, 15) is 19.3 Å². The predicted molar refractivity (Wildman–Crippen MR) is 112 cm³/mol. The van der Waals surface area contributed by atoms with E-state index in [1.165, 1.54) is 40.5 Å². The first-order chi connectivity index (χ1) is 13.8. The van der Waals surface area contributed by atoms with E-state index in [1.807, 2.05) is 19.0 Å². The molecule has 0 aliphatic rings. The van der Waals surface area contributed by atoms with Crippen LogP contribution in [0.2, 0.25) is 0 Å². The lowest BCUT2D eigenvalue weighted by atomic mass is 10.1. The van der Waals surface area contributed by atoms with E-state index in [-0.39, 0.29) is 23.0 Å². The van der Waals surface area contributed by atoms with Crippen LogP contribution >= 0.6 is 11.3 Å². The number of carbonyl (C=O) groups excluding carboxylic acids is 1. The number of carbonyl (C=O) groups is 1. The smallest absolute Gasteiger partial charge is 0.273 e. The Labute approximate surface area is 171 Å². The Bertz CT molecular complexity index is 1070. The lowest BCUT2D eigenvalue weighted by Crippen LogP contribution is -2.34. The van der Waals surface area contributed by atoms with Crippen LogP contribution in [0.25, 0.3) is 10.2 Å². The average Bonchev–Trinajstić information content (AvgIpc) is 3.07. The van der Waals surface area contributed by atoms with Crippen molar-refractivity contribution in [2.24, 2.45) is 0 Å². The molecule has 1 amide bonds. The van der Waals surface area contributed by atoms with Gasteiger partial charge >= 0.3 is 0 Å². The van der Waals surface area contributed by atoms with Crippen LogP contribution in [0.4, 0.5) is 15.2 Å². The van der Waals surface area contributed by atoms with E-state index in [0.29, 0.717) is 33.9 Å². The molecule has 0 unspecified atom stereocenters. The summed E-state index contributed by atoms with van der Waals surface area (Å²) in [6.07, 6.45) is 0.691. The van der Waals surface area contributed by atoms with Gasteiger partial charge in [-0.1, -0.05) is 17.4 Å². The van der Waals surface area contributed by atoms with E-state index < -0.39 is 4.92 Å². The maximum Gasteiger partial charge on any atom is 0.273 e. The van der Waals surface area contributed by atoms with Gasteiger partial charge in [-0.05, 0) is 58.3 Å². The SMILES string of the molecule is Cc1c(C(=O)N(CCCN(C)C)c2nc3ccc(F)cc3s2)cccc1[N+](=O)[O-]. The van der Waals surface area contributed by atoms with E-state index >= 15 is 0 Å². The fourth-order valence-electron chi connectivity index (χ4n) is 3.03. The number of nitro benzene ring substituents is 1. The quantitative estimate of drug-likeness (QED) is 0.425. The number of aromatic nitrogens is 1. The van der Waals surface area contributed by atoms with Gasteiger partial charge in [-0.25, -0.2) is 9.37 Å². The Morgan fingerprint density at radius 3 is 2.69 bits per heavy atom. The van der Waals surface area contributed by atoms with Crippen LogP contribution in [0.15, 0.2) is 36.4 Å². The molecular formula is C20H21FN4O3S. The van der Waals surface area contributed by atoms with Gasteiger partial charge in [0.15, 0.2) is 5.13 Å². The molecule has 3 rings (SSSR count). The van der Waals surface area contributed by atoms with Gasteiger partial charge in [0.25, 0.3) is 11.6 Å². The second-order valence-corrected chi connectivity index (χ2v) is 7.94. The minimum Gasteiger partial charge on any atom is -0.309 e. The van der Waals surface area contributed by atoms with E-state index in [4.69, 9.17) is 0 Å². The van der Waals surface area contributed by atoms with Gasteiger partial charge in [-0.3, -0.25) is 19.8 Å². The number of hydrogen-bond donors (Lipinski definition) is 0. The van der Waals surface area contributed by atoms with Gasteiger partial charge in [0.2, 0.25) is 0 Å². The fraction of sp³-hybridized carbons (Fsp3) is 0.300. The Morgan fingerprint density at radius 2 is 2.00 bits per heavy atom. The fourth-order valence-corrected chi connectivity index (χ4v) is 4.04. The summed E-state index contributed by atoms with van der Waals surface area (Å²) in [6, 6.07) is 8.75. The van der Waals surface area contributed by atoms with Gasteiger partial charge < -0.3 is 4.90 Å². The third-order valence-electron chi connectivity index (χ3n) is 4.53. The Balaban J connectivity index is 2.01. The summed E-state index contributed by atoms with van der Waals surface area (Å²) in [5.41, 5.74) is 1.07. The number of amides is 1. The monoisotopic (exact) mass is 416 g/mol. The first kappa shape index (κ1) is 20.8. The second-order valence-electron chi connectivity index (χ2n) is 6.93. The van der Waals surface area contributed by atoms with E-state index in [1.54, 1.807) is 19.1 Å². The molecule has 152 valence electrons. The van der Waals surface area contributed by atoms with Gasteiger partial charge in [-0.15, -0.1) is 0 Å². The number of fused-ring (bicyclic) bond motifs is 1. The molecule has 0 saturated carbocycles. The zero-order chi connectivity index (χ0) is 21.1.